The van der Waals surface area contributed by atoms with Gasteiger partial charge in [0.25, 0.3) is 0 Å². The zero-order valence-corrected chi connectivity index (χ0v) is 11.7. The van der Waals surface area contributed by atoms with E-state index in [1.165, 1.54) is 25.5 Å². The standard InChI is InChI=1S/C16H11N3O3/c1-9(20)10-4-2-3-5-12(10)19-13-6-14(21)15-11(16(13)22)7-17-8-18-15/h2-8,19H,1H3. The summed E-state index contributed by atoms with van der Waals surface area (Å²) in [7, 11) is 0. The number of fused-ring (bicyclic) bond motifs is 1. The Morgan fingerprint density at radius 2 is 1.95 bits per heavy atom. The van der Waals surface area contributed by atoms with Gasteiger partial charge in [-0.15, -0.1) is 0 Å². The van der Waals surface area contributed by atoms with E-state index in [2.05, 4.69) is 15.3 Å². The Morgan fingerprint density at radius 1 is 1.18 bits per heavy atom. The van der Waals surface area contributed by atoms with Crippen molar-refractivity contribution in [2.45, 2.75) is 6.92 Å². The molecule has 0 saturated heterocycles. The maximum absolute atomic E-state index is 12.4. The second kappa shape index (κ2) is 5.33. The molecule has 1 aliphatic rings. The molecule has 1 aliphatic carbocycles. The third-order valence-corrected chi connectivity index (χ3v) is 3.29. The summed E-state index contributed by atoms with van der Waals surface area (Å²) in [6, 6.07) is 6.79. The number of hydrogen-bond acceptors (Lipinski definition) is 6. The summed E-state index contributed by atoms with van der Waals surface area (Å²) in [5.41, 5.74) is 1.26. The minimum atomic E-state index is -0.381. The predicted octanol–water partition coefficient (Wildman–Crippen LogP) is 2.05. The number of hydrogen-bond donors (Lipinski definition) is 1. The summed E-state index contributed by atoms with van der Waals surface area (Å²) in [6.07, 6.45) is 3.73. The van der Waals surface area contributed by atoms with Crippen LogP contribution in [0, 0.1) is 0 Å². The van der Waals surface area contributed by atoms with Crippen LogP contribution in [0.25, 0.3) is 0 Å². The molecule has 0 amide bonds. The fourth-order valence-corrected chi connectivity index (χ4v) is 2.24. The van der Waals surface area contributed by atoms with Crippen molar-refractivity contribution < 1.29 is 14.4 Å². The highest BCUT2D eigenvalue weighted by molar-refractivity contribution is 6.24. The van der Waals surface area contributed by atoms with Crippen molar-refractivity contribution in [3.63, 3.8) is 0 Å². The predicted molar refractivity (Wildman–Crippen MR) is 78.8 cm³/mol. The number of benzene rings is 1. The number of rotatable bonds is 3. The summed E-state index contributed by atoms with van der Waals surface area (Å²) >= 11 is 0. The topological polar surface area (TPSA) is 89.0 Å². The highest BCUT2D eigenvalue weighted by Gasteiger charge is 2.27. The summed E-state index contributed by atoms with van der Waals surface area (Å²) < 4.78 is 0. The number of nitrogens with zero attached hydrogens (tertiary/aromatic N) is 2. The monoisotopic (exact) mass is 293 g/mol. The fraction of sp³-hybridized carbons (Fsp3) is 0.0625. The molecule has 0 radical (unpaired) electrons. The molecule has 3 rings (SSSR count). The van der Waals surface area contributed by atoms with Gasteiger partial charge in [0.1, 0.15) is 12.0 Å². The molecule has 0 saturated carbocycles. The average Bonchev–Trinajstić information content (AvgIpc) is 2.53. The molecule has 0 bridgehead atoms. The third-order valence-electron chi connectivity index (χ3n) is 3.29. The quantitative estimate of drug-likeness (QED) is 0.871. The van der Waals surface area contributed by atoms with Gasteiger partial charge in [-0.25, -0.2) is 9.97 Å². The molecule has 6 heteroatoms. The highest BCUT2D eigenvalue weighted by Crippen LogP contribution is 2.23. The fourth-order valence-electron chi connectivity index (χ4n) is 2.24. The zero-order valence-electron chi connectivity index (χ0n) is 11.7. The first-order valence-corrected chi connectivity index (χ1v) is 6.55. The molecule has 6 nitrogen and oxygen atoms in total. The first-order valence-electron chi connectivity index (χ1n) is 6.55. The van der Waals surface area contributed by atoms with Crippen LogP contribution in [0.15, 0.2) is 48.6 Å². The number of carbonyl (C=O) groups excluding carboxylic acids is 3. The molecule has 108 valence electrons. The molecule has 1 aromatic carbocycles. The molecule has 0 spiro atoms. The SMILES string of the molecule is CC(=O)c1ccccc1NC1=CC(=O)c2ncncc2C1=O. The maximum Gasteiger partial charge on any atom is 0.213 e. The van der Waals surface area contributed by atoms with Crippen LogP contribution in [0.4, 0.5) is 5.69 Å². The molecule has 0 aliphatic heterocycles. The van der Waals surface area contributed by atoms with Gasteiger partial charge in [-0.3, -0.25) is 14.4 Å². The van der Waals surface area contributed by atoms with E-state index in [0.29, 0.717) is 11.3 Å². The smallest absolute Gasteiger partial charge is 0.213 e. The molecule has 0 fully saturated rings. The second-order valence-electron chi connectivity index (χ2n) is 4.76. The van der Waals surface area contributed by atoms with E-state index in [4.69, 9.17) is 0 Å². The van der Waals surface area contributed by atoms with E-state index < -0.39 is 0 Å². The van der Waals surface area contributed by atoms with Gasteiger partial charge in [0, 0.05) is 23.5 Å². The number of ketones is 3. The Bertz CT molecular complexity index is 840. The summed E-state index contributed by atoms with van der Waals surface area (Å²) in [5, 5.41) is 2.87. The van der Waals surface area contributed by atoms with Crippen LogP contribution in [0.5, 0.6) is 0 Å². The lowest BCUT2D eigenvalue weighted by Crippen LogP contribution is -2.23. The first-order chi connectivity index (χ1) is 10.6. The van der Waals surface area contributed by atoms with Crippen molar-refractivity contribution >= 4 is 23.0 Å². The number of aromatic nitrogens is 2. The van der Waals surface area contributed by atoms with Gasteiger partial charge in [-0.1, -0.05) is 12.1 Å². The van der Waals surface area contributed by atoms with Crippen molar-refractivity contribution in [2.24, 2.45) is 0 Å². The average molecular weight is 293 g/mol. The van der Waals surface area contributed by atoms with Crippen LogP contribution in [0.3, 0.4) is 0 Å². The lowest BCUT2D eigenvalue weighted by atomic mass is 9.98. The molecule has 0 unspecified atom stereocenters. The van der Waals surface area contributed by atoms with Crippen LogP contribution in [0.2, 0.25) is 0 Å². The zero-order chi connectivity index (χ0) is 15.7. The van der Waals surface area contributed by atoms with Crippen molar-refractivity contribution in [1.29, 1.82) is 0 Å². The van der Waals surface area contributed by atoms with Crippen LogP contribution in [0.1, 0.15) is 38.1 Å². The van der Waals surface area contributed by atoms with E-state index in [-0.39, 0.29) is 34.3 Å². The van der Waals surface area contributed by atoms with E-state index in [9.17, 15) is 14.4 Å². The minimum Gasteiger partial charge on any atom is -0.352 e. The summed E-state index contributed by atoms with van der Waals surface area (Å²) in [4.78, 5) is 43.7. The molecule has 1 aromatic heterocycles. The molecule has 0 atom stereocenters. The number of anilines is 1. The van der Waals surface area contributed by atoms with Crippen LogP contribution in [-0.4, -0.2) is 27.3 Å². The second-order valence-corrected chi connectivity index (χ2v) is 4.76. The van der Waals surface area contributed by atoms with Crippen LogP contribution >= 0.6 is 0 Å². The van der Waals surface area contributed by atoms with Crippen molar-refractivity contribution in [2.75, 3.05) is 5.32 Å². The van der Waals surface area contributed by atoms with E-state index in [1.54, 1.807) is 24.3 Å². The Hall–Kier alpha value is -3.15. The van der Waals surface area contributed by atoms with Crippen molar-refractivity contribution in [3.05, 3.63) is 65.4 Å². The summed E-state index contributed by atoms with van der Waals surface area (Å²) in [6.45, 7) is 1.44. The Kier molecular flexibility index (Phi) is 3.34. The molecule has 1 N–H and O–H groups in total. The van der Waals surface area contributed by atoms with Gasteiger partial charge < -0.3 is 5.32 Å². The van der Waals surface area contributed by atoms with Crippen LogP contribution < -0.4 is 5.32 Å². The van der Waals surface area contributed by atoms with Gasteiger partial charge in [-0.2, -0.15) is 0 Å². The van der Waals surface area contributed by atoms with Crippen molar-refractivity contribution in [3.8, 4) is 0 Å². The highest BCUT2D eigenvalue weighted by atomic mass is 16.1. The largest absolute Gasteiger partial charge is 0.352 e. The number of Topliss-reactive ketones (excluding diaryl/α,β-unsaturated/α-hetero) is 2. The van der Waals surface area contributed by atoms with E-state index in [0.717, 1.165) is 0 Å². The normalized spacial score (nSPS) is 13.4. The lowest BCUT2D eigenvalue weighted by molar-refractivity contribution is 0.0981. The van der Waals surface area contributed by atoms with Gasteiger partial charge in [0.2, 0.25) is 11.6 Å². The molecule has 1 heterocycles. The minimum absolute atomic E-state index is 0.0883. The first kappa shape index (κ1) is 13.8. The maximum atomic E-state index is 12.4. The van der Waals surface area contributed by atoms with Gasteiger partial charge in [-0.05, 0) is 19.1 Å². The molecular weight excluding hydrogens is 282 g/mol. The van der Waals surface area contributed by atoms with Crippen molar-refractivity contribution in [1.82, 2.24) is 9.97 Å². The Labute approximate surface area is 125 Å². The number of para-hydroxylation sites is 1. The Morgan fingerprint density at radius 3 is 2.73 bits per heavy atom. The van der Waals surface area contributed by atoms with E-state index >= 15 is 0 Å². The number of allylic oxidation sites excluding steroid dienone is 2. The Balaban J connectivity index is 2.00. The summed E-state index contributed by atoms with van der Waals surface area (Å²) in [5.74, 6) is -0.893. The number of carbonyl (C=O) groups is 3. The lowest BCUT2D eigenvalue weighted by Gasteiger charge is -2.16. The number of nitrogens with one attached hydrogen (secondary N) is 1. The van der Waals surface area contributed by atoms with Gasteiger partial charge in [0.15, 0.2) is 5.78 Å². The van der Waals surface area contributed by atoms with Gasteiger partial charge in [0.05, 0.1) is 11.3 Å². The van der Waals surface area contributed by atoms with Gasteiger partial charge >= 0.3 is 0 Å². The molecular formula is C16H11N3O3. The molecule has 22 heavy (non-hydrogen) atoms. The van der Waals surface area contributed by atoms with Crippen LogP contribution in [-0.2, 0) is 0 Å². The van der Waals surface area contributed by atoms with E-state index in [1.807, 2.05) is 0 Å². The molecule has 2 aromatic rings. The third kappa shape index (κ3) is 2.31.